The van der Waals surface area contributed by atoms with E-state index in [1.165, 1.54) is 0 Å². The van der Waals surface area contributed by atoms with Crippen molar-refractivity contribution in [3.8, 4) is 22.9 Å². The summed E-state index contributed by atoms with van der Waals surface area (Å²) in [6, 6.07) is 8.67. The Hall–Kier alpha value is -3.63. The van der Waals surface area contributed by atoms with Gasteiger partial charge in [-0.05, 0) is 24.3 Å². The Labute approximate surface area is 214 Å². The monoisotopic (exact) mass is 512 g/mol. The van der Waals surface area contributed by atoms with E-state index < -0.39 is 0 Å². The number of aryl methyl sites for hydroxylation is 1. The van der Waals surface area contributed by atoms with Gasteiger partial charge in [0.05, 0.1) is 41.5 Å². The molecule has 0 bridgehead atoms. The molecule has 1 aromatic carbocycles. The molecule has 3 aromatic rings. The molecule has 0 atom stereocenters. The first-order valence-corrected chi connectivity index (χ1v) is 12.0. The fourth-order valence-corrected chi connectivity index (χ4v) is 4.31. The van der Waals surface area contributed by atoms with Gasteiger partial charge in [-0.15, -0.1) is 0 Å². The van der Waals surface area contributed by atoms with Crippen LogP contribution < -0.4 is 14.8 Å². The quantitative estimate of drug-likeness (QED) is 0.495. The van der Waals surface area contributed by atoms with Crippen molar-refractivity contribution in [3.63, 3.8) is 0 Å². The van der Waals surface area contributed by atoms with Gasteiger partial charge in [0.15, 0.2) is 0 Å². The molecular weight excluding hydrogens is 484 g/mol. The second-order valence-corrected chi connectivity index (χ2v) is 8.83. The number of pyridine rings is 1. The molecule has 0 radical (unpaired) electrons. The lowest BCUT2D eigenvalue weighted by Crippen LogP contribution is -2.48. The van der Waals surface area contributed by atoms with E-state index in [1.807, 2.05) is 4.90 Å². The van der Waals surface area contributed by atoms with Crippen molar-refractivity contribution < 1.29 is 19.1 Å². The van der Waals surface area contributed by atoms with Crippen LogP contribution in [0, 0.1) is 0 Å². The van der Waals surface area contributed by atoms with Crippen LogP contribution in [0.15, 0.2) is 42.7 Å². The van der Waals surface area contributed by atoms with E-state index in [2.05, 4.69) is 20.3 Å². The van der Waals surface area contributed by atoms with Gasteiger partial charge in [0, 0.05) is 52.3 Å². The maximum atomic E-state index is 12.8. The summed E-state index contributed by atoms with van der Waals surface area (Å²) in [7, 11) is 3.33. The predicted molar refractivity (Wildman–Crippen MR) is 137 cm³/mol. The average molecular weight is 513 g/mol. The van der Waals surface area contributed by atoms with Crippen LogP contribution in [0.5, 0.6) is 11.6 Å². The lowest BCUT2D eigenvalue weighted by Gasteiger charge is -2.34. The van der Waals surface area contributed by atoms with Gasteiger partial charge in [0.25, 0.3) is 5.91 Å². The number of hydrogen-bond acceptors (Lipinski definition) is 7. The summed E-state index contributed by atoms with van der Waals surface area (Å²) >= 11 is 6.43. The van der Waals surface area contributed by atoms with E-state index in [1.54, 1.807) is 68.5 Å². The van der Waals surface area contributed by atoms with Crippen LogP contribution in [-0.4, -0.2) is 82.8 Å². The van der Waals surface area contributed by atoms with Crippen molar-refractivity contribution in [2.24, 2.45) is 7.05 Å². The van der Waals surface area contributed by atoms with Crippen molar-refractivity contribution in [2.75, 3.05) is 51.8 Å². The van der Waals surface area contributed by atoms with Crippen LogP contribution in [0.3, 0.4) is 0 Å². The van der Waals surface area contributed by atoms with Gasteiger partial charge in [-0.1, -0.05) is 17.7 Å². The number of amides is 2. The van der Waals surface area contributed by atoms with Crippen molar-refractivity contribution >= 4 is 29.1 Å². The minimum atomic E-state index is -0.295. The number of nitrogens with one attached hydrogen (secondary N) is 1. The minimum absolute atomic E-state index is 0.103. The molecule has 0 spiro atoms. The lowest BCUT2D eigenvalue weighted by atomic mass is 10.1. The summed E-state index contributed by atoms with van der Waals surface area (Å²) in [6.45, 7) is 5.72. The molecule has 3 heterocycles. The number of halogens is 1. The van der Waals surface area contributed by atoms with Crippen LogP contribution in [-0.2, 0) is 11.8 Å². The first-order chi connectivity index (χ1) is 17.4. The Morgan fingerprint density at radius 3 is 2.58 bits per heavy atom. The average Bonchev–Trinajstić information content (AvgIpc) is 3.22. The highest BCUT2D eigenvalue weighted by Crippen LogP contribution is 2.35. The second kappa shape index (κ2) is 11.4. The number of rotatable bonds is 8. The van der Waals surface area contributed by atoms with E-state index in [4.69, 9.17) is 21.1 Å². The highest BCUT2D eigenvalue weighted by atomic mass is 35.5. The summed E-state index contributed by atoms with van der Waals surface area (Å²) in [5.41, 5.74) is 2.19. The summed E-state index contributed by atoms with van der Waals surface area (Å²) in [6.07, 6.45) is 3.10. The molecule has 10 nitrogen and oxygen atoms in total. The Balaban J connectivity index is 1.49. The number of piperazine rings is 1. The van der Waals surface area contributed by atoms with Crippen LogP contribution in [0.2, 0.25) is 5.02 Å². The zero-order valence-corrected chi connectivity index (χ0v) is 21.3. The second-order valence-electron chi connectivity index (χ2n) is 8.42. The predicted octanol–water partition coefficient (Wildman–Crippen LogP) is 2.94. The van der Waals surface area contributed by atoms with E-state index >= 15 is 0 Å². The third kappa shape index (κ3) is 5.95. The topological polar surface area (TPSA) is 102 Å². The van der Waals surface area contributed by atoms with E-state index in [-0.39, 0.29) is 11.8 Å². The third-order valence-electron chi connectivity index (χ3n) is 6.05. The molecule has 1 saturated heterocycles. The van der Waals surface area contributed by atoms with Gasteiger partial charge in [0.2, 0.25) is 11.8 Å². The number of benzene rings is 1. The third-order valence-corrected chi connectivity index (χ3v) is 6.33. The highest BCUT2D eigenvalue weighted by molar-refractivity contribution is 6.33. The van der Waals surface area contributed by atoms with Gasteiger partial charge >= 0.3 is 0 Å². The molecule has 1 N–H and O–H groups in total. The normalized spacial score (nSPS) is 13.9. The minimum Gasteiger partial charge on any atom is -0.497 e. The Morgan fingerprint density at radius 2 is 1.92 bits per heavy atom. The molecule has 11 heteroatoms. The van der Waals surface area contributed by atoms with Crippen LogP contribution in [0.4, 0.5) is 5.69 Å². The van der Waals surface area contributed by atoms with Crippen molar-refractivity contribution in [2.45, 2.75) is 6.92 Å². The molecule has 36 heavy (non-hydrogen) atoms. The zero-order chi connectivity index (χ0) is 25.7. The molecule has 0 unspecified atom stereocenters. The van der Waals surface area contributed by atoms with Gasteiger partial charge in [-0.2, -0.15) is 5.10 Å². The molecule has 1 aliphatic rings. The van der Waals surface area contributed by atoms with Crippen molar-refractivity contribution in [3.05, 3.63) is 53.3 Å². The SMILES string of the molecule is COc1cccc(C(=O)Nc2cnc(OCCN3CCN(C(C)=O)CC3)c(-c3c(Cl)cnn3C)c2)c1. The molecule has 2 amide bonds. The first kappa shape index (κ1) is 25.5. The van der Waals surface area contributed by atoms with Crippen molar-refractivity contribution in [1.82, 2.24) is 24.6 Å². The smallest absolute Gasteiger partial charge is 0.255 e. The summed E-state index contributed by atoms with van der Waals surface area (Å²) in [5.74, 6) is 0.791. The Morgan fingerprint density at radius 1 is 1.14 bits per heavy atom. The molecule has 0 aliphatic carbocycles. The highest BCUT2D eigenvalue weighted by Gasteiger charge is 2.20. The van der Waals surface area contributed by atoms with Crippen molar-refractivity contribution in [1.29, 1.82) is 0 Å². The fraction of sp³-hybridized carbons (Fsp3) is 0.360. The van der Waals surface area contributed by atoms with Gasteiger partial charge < -0.3 is 19.7 Å². The van der Waals surface area contributed by atoms with Crippen LogP contribution in [0.25, 0.3) is 11.3 Å². The molecule has 0 saturated carbocycles. The van der Waals surface area contributed by atoms with E-state index in [9.17, 15) is 9.59 Å². The van der Waals surface area contributed by atoms with E-state index in [0.717, 1.165) is 13.1 Å². The number of hydrogen-bond donors (Lipinski definition) is 1. The lowest BCUT2D eigenvalue weighted by molar-refractivity contribution is -0.130. The molecule has 4 rings (SSSR count). The van der Waals surface area contributed by atoms with Gasteiger partial charge in [0.1, 0.15) is 12.4 Å². The number of nitrogens with zero attached hydrogens (tertiary/aromatic N) is 5. The molecule has 1 aliphatic heterocycles. The fourth-order valence-electron chi connectivity index (χ4n) is 4.04. The molecular formula is C25H29ClN6O4. The molecule has 190 valence electrons. The molecule has 2 aromatic heterocycles. The number of aromatic nitrogens is 3. The van der Waals surface area contributed by atoms with Crippen LogP contribution >= 0.6 is 11.6 Å². The maximum absolute atomic E-state index is 12.8. The largest absolute Gasteiger partial charge is 0.497 e. The van der Waals surface area contributed by atoms with Crippen LogP contribution in [0.1, 0.15) is 17.3 Å². The standard InChI is InChI=1S/C25H29ClN6O4/c1-17(33)32-9-7-31(8-10-32)11-12-36-25-21(23-22(26)16-28-30(23)2)14-19(15-27-25)29-24(34)18-5-4-6-20(13-18)35-3/h4-6,13-16H,7-12H2,1-3H3,(H,29,34). The number of ether oxygens (including phenoxy) is 2. The first-order valence-electron chi connectivity index (χ1n) is 11.6. The Bertz CT molecular complexity index is 1220. The Kier molecular flexibility index (Phi) is 8.07. The molecule has 1 fully saturated rings. The zero-order valence-electron chi connectivity index (χ0n) is 20.5. The number of carbonyl (C=O) groups excluding carboxylic acids is 2. The summed E-state index contributed by atoms with van der Waals surface area (Å²) in [4.78, 5) is 32.9. The number of methoxy groups -OCH3 is 1. The summed E-state index contributed by atoms with van der Waals surface area (Å²) < 4.78 is 12.9. The maximum Gasteiger partial charge on any atom is 0.255 e. The summed E-state index contributed by atoms with van der Waals surface area (Å²) in [5, 5.41) is 7.54. The van der Waals surface area contributed by atoms with Gasteiger partial charge in [-0.3, -0.25) is 19.2 Å². The van der Waals surface area contributed by atoms with E-state index in [0.29, 0.717) is 65.4 Å². The number of carbonyl (C=O) groups is 2. The number of anilines is 1. The van der Waals surface area contributed by atoms with Gasteiger partial charge in [-0.25, -0.2) is 4.98 Å².